The maximum atomic E-state index is 8.82. The minimum atomic E-state index is 0.0970. The number of nitrogens with zero attached hydrogens (tertiary/aromatic N) is 2. The van der Waals surface area contributed by atoms with Crippen molar-refractivity contribution in [3.8, 4) is 0 Å². The molecule has 16 heavy (non-hydrogen) atoms. The molecule has 1 aromatic carbocycles. The lowest BCUT2D eigenvalue weighted by atomic mass is 10.2. The van der Waals surface area contributed by atoms with E-state index in [1.165, 1.54) is 0 Å². The lowest BCUT2D eigenvalue weighted by Crippen LogP contribution is -2.09. The molecule has 2 rings (SSSR count). The molecule has 0 fully saturated rings. The highest BCUT2D eigenvalue weighted by atomic mass is 16.3. The summed E-state index contributed by atoms with van der Waals surface area (Å²) >= 11 is 0. The minimum Gasteiger partial charge on any atom is -0.395 e. The largest absolute Gasteiger partial charge is 0.395 e. The van der Waals surface area contributed by atoms with E-state index in [2.05, 4.69) is 15.3 Å². The number of anilines is 1. The Bertz CT molecular complexity index is 485. The van der Waals surface area contributed by atoms with E-state index in [9.17, 15) is 0 Å². The first kappa shape index (κ1) is 10.8. The third-order valence-corrected chi connectivity index (χ3v) is 2.37. The Balaban J connectivity index is 2.50. The predicted octanol–water partition coefficient (Wildman–Crippen LogP) is 1.60. The van der Waals surface area contributed by atoms with Crippen LogP contribution >= 0.6 is 0 Å². The van der Waals surface area contributed by atoms with Crippen LogP contribution in [-0.2, 0) is 6.42 Å². The van der Waals surface area contributed by atoms with Gasteiger partial charge in [0, 0.05) is 18.4 Å². The monoisotopic (exact) mass is 217 g/mol. The Morgan fingerprint density at radius 3 is 2.81 bits per heavy atom. The van der Waals surface area contributed by atoms with Crippen molar-refractivity contribution in [1.29, 1.82) is 0 Å². The van der Waals surface area contributed by atoms with Crippen molar-refractivity contribution in [2.24, 2.45) is 0 Å². The van der Waals surface area contributed by atoms with Gasteiger partial charge in [-0.2, -0.15) is 0 Å². The van der Waals surface area contributed by atoms with Crippen LogP contribution in [0.3, 0.4) is 0 Å². The van der Waals surface area contributed by atoms with Crippen LogP contribution in [0, 0.1) is 0 Å². The topological polar surface area (TPSA) is 58.0 Å². The number of rotatable bonds is 4. The van der Waals surface area contributed by atoms with Crippen molar-refractivity contribution in [2.75, 3.05) is 18.5 Å². The summed E-state index contributed by atoms with van der Waals surface area (Å²) in [5.41, 5.74) is 0.940. The van der Waals surface area contributed by atoms with Crippen molar-refractivity contribution in [3.05, 3.63) is 30.1 Å². The molecule has 84 valence electrons. The van der Waals surface area contributed by atoms with Gasteiger partial charge in [-0.25, -0.2) is 9.97 Å². The highest BCUT2D eigenvalue weighted by Crippen LogP contribution is 2.19. The van der Waals surface area contributed by atoms with Gasteiger partial charge in [0.15, 0.2) is 0 Å². The standard InChI is InChI=1S/C12H15N3O/c1-2-11-14-10-6-4-3-5-9(10)12(15-11)13-7-8-16/h3-6,16H,2,7-8H2,1H3,(H,13,14,15). The number of para-hydroxylation sites is 1. The number of aliphatic hydroxyl groups is 1. The summed E-state index contributed by atoms with van der Waals surface area (Å²) in [6.07, 6.45) is 0.804. The Kier molecular flexibility index (Phi) is 3.31. The number of aromatic nitrogens is 2. The highest BCUT2D eigenvalue weighted by molar-refractivity contribution is 5.88. The number of hydrogen-bond donors (Lipinski definition) is 2. The van der Waals surface area contributed by atoms with Crippen LogP contribution < -0.4 is 5.32 Å². The van der Waals surface area contributed by atoms with E-state index in [1.54, 1.807) is 0 Å². The van der Waals surface area contributed by atoms with Gasteiger partial charge in [-0.3, -0.25) is 0 Å². The molecule has 2 aromatic rings. The third-order valence-electron chi connectivity index (χ3n) is 2.37. The summed E-state index contributed by atoms with van der Waals surface area (Å²) in [7, 11) is 0. The molecule has 1 aromatic heterocycles. The van der Waals surface area contributed by atoms with Crippen molar-refractivity contribution < 1.29 is 5.11 Å². The molecule has 0 atom stereocenters. The summed E-state index contributed by atoms with van der Waals surface area (Å²) in [6, 6.07) is 7.88. The smallest absolute Gasteiger partial charge is 0.137 e. The quantitative estimate of drug-likeness (QED) is 0.816. The number of aryl methyl sites for hydroxylation is 1. The van der Waals surface area contributed by atoms with Crippen molar-refractivity contribution in [2.45, 2.75) is 13.3 Å². The zero-order chi connectivity index (χ0) is 11.4. The van der Waals surface area contributed by atoms with E-state index in [0.29, 0.717) is 6.54 Å². The number of hydrogen-bond acceptors (Lipinski definition) is 4. The molecule has 1 heterocycles. The van der Waals surface area contributed by atoms with Crippen LogP contribution in [0.2, 0.25) is 0 Å². The van der Waals surface area contributed by atoms with Gasteiger partial charge in [0.2, 0.25) is 0 Å². The zero-order valence-corrected chi connectivity index (χ0v) is 9.27. The first-order valence-electron chi connectivity index (χ1n) is 5.45. The first-order valence-corrected chi connectivity index (χ1v) is 5.45. The van der Waals surface area contributed by atoms with Crippen LogP contribution in [-0.4, -0.2) is 28.2 Å². The normalized spacial score (nSPS) is 10.6. The fourth-order valence-corrected chi connectivity index (χ4v) is 1.59. The Morgan fingerprint density at radius 1 is 1.25 bits per heavy atom. The summed E-state index contributed by atoms with van der Waals surface area (Å²) in [5.74, 6) is 1.62. The van der Waals surface area contributed by atoms with Crippen molar-refractivity contribution in [3.63, 3.8) is 0 Å². The van der Waals surface area contributed by atoms with Crippen molar-refractivity contribution in [1.82, 2.24) is 9.97 Å². The molecule has 0 saturated heterocycles. The van der Waals surface area contributed by atoms with Gasteiger partial charge in [0.05, 0.1) is 12.1 Å². The fourth-order valence-electron chi connectivity index (χ4n) is 1.59. The van der Waals surface area contributed by atoms with Gasteiger partial charge in [-0.05, 0) is 12.1 Å². The second-order valence-corrected chi connectivity index (χ2v) is 3.51. The van der Waals surface area contributed by atoms with E-state index >= 15 is 0 Å². The van der Waals surface area contributed by atoms with Gasteiger partial charge in [-0.15, -0.1) is 0 Å². The van der Waals surface area contributed by atoms with E-state index in [0.717, 1.165) is 29.0 Å². The minimum absolute atomic E-state index is 0.0970. The molecular weight excluding hydrogens is 202 g/mol. The SMILES string of the molecule is CCc1nc(NCCO)c2ccccc2n1. The molecule has 4 nitrogen and oxygen atoms in total. The molecule has 0 aliphatic rings. The molecule has 0 saturated carbocycles. The second-order valence-electron chi connectivity index (χ2n) is 3.51. The van der Waals surface area contributed by atoms with Crippen LogP contribution in [0.1, 0.15) is 12.7 Å². The second kappa shape index (κ2) is 4.90. The van der Waals surface area contributed by atoms with Crippen LogP contribution in [0.5, 0.6) is 0 Å². The van der Waals surface area contributed by atoms with Crippen LogP contribution in [0.4, 0.5) is 5.82 Å². The van der Waals surface area contributed by atoms with Gasteiger partial charge < -0.3 is 10.4 Å². The Labute approximate surface area is 94.4 Å². The summed E-state index contributed by atoms with van der Waals surface area (Å²) in [6.45, 7) is 2.63. The Hall–Kier alpha value is -1.68. The van der Waals surface area contributed by atoms with E-state index in [-0.39, 0.29) is 6.61 Å². The van der Waals surface area contributed by atoms with Gasteiger partial charge in [0.1, 0.15) is 11.6 Å². The summed E-state index contributed by atoms with van der Waals surface area (Å²) in [5, 5.41) is 12.9. The summed E-state index contributed by atoms with van der Waals surface area (Å²) in [4.78, 5) is 8.87. The third kappa shape index (κ3) is 2.12. The maximum absolute atomic E-state index is 8.82. The van der Waals surface area contributed by atoms with Crippen LogP contribution in [0.15, 0.2) is 24.3 Å². The number of aliphatic hydroxyl groups excluding tert-OH is 1. The van der Waals surface area contributed by atoms with E-state index in [1.807, 2.05) is 31.2 Å². The molecule has 0 amide bonds. The van der Waals surface area contributed by atoms with Crippen LogP contribution in [0.25, 0.3) is 10.9 Å². The molecule has 0 aliphatic carbocycles. The van der Waals surface area contributed by atoms with Gasteiger partial charge in [-0.1, -0.05) is 19.1 Å². The average molecular weight is 217 g/mol. The molecule has 0 aliphatic heterocycles. The molecule has 2 N–H and O–H groups in total. The number of nitrogens with one attached hydrogen (secondary N) is 1. The predicted molar refractivity (Wildman–Crippen MR) is 64.5 cm³/mol. The molecule has 0 spiro atoms. The maximum Gasteiger partial charge on any atom is 0.137 e. The zero-order valence-electron chi connectivity index (χ0n) is 9.27. The molecule has 0 bridgehead atoms. The Morgan fingerprint density at radius 2 is 2.06 bits per heavy atom. The van der Waals surface area contributed by atoms with E-state index in [4.69, 9.17) is 5.11 Å². The molecule has 0 unspecified atom stereocenters. The average Bonchev–Trinajstić information content (AvgIpc) is 2.35. The van der Waals surface area contributed by atoms with Crippen molar-refractivity contribution >= 4 is 16.7 Å². The first-order chi connectivity index (χ1) is 7.85. The number of fused-ring (bicyclic) bond motifs is 1. The lowest BCUT2D eigenvalue weighted by Gasteiger charge is -2.08. The molecule has 0 radical (unpaired) electrons. The number of benzene rings is 1. The van der Waals surface area contributed by atoms with E-state index < -0.39 is 0 Å². The summed E-state index contributed by atoms with van der Waals surface area (Å²) < 4.78 is 0. The van der Waals surface area contributed by atoms with Gasteiger partial charge >= 0.3 is 0 Å². The molecule has 4 heteroatoms. The van der Waals surface area contributed by atoms with Gasteiger partial charge in [0.25, 0.3) is 0 Å². The fraction of sp³-hybridized carbons (Fsp3) is 0.333. The lowest BCUT2D eigenvalue weighted by molar-refractivity contribution is 0.311. The molecular formula is C12H15N3O. The highest BCUT2D eigenvalue weighted by Gasteiger charge is 2.05.